The predicted octanol–water partition coefficient (Wildman–Crippen LogP) is -0.184. The molecule has 1 amide bonds. The summed E-state index contributed by atoms with van der Waals surface area (Å²) in [7, 11) is 3.24. The van der Waals surface area contributed by atoms with Crippen molar-refractivity contribution in [2.45, 2.75) is 12.5 Å². The zero-order chi connectivity index (χ0) is 12.0. The van der Waals surface area contributed by atoms with E-state index in [0.29, 0.717) is 6.42 Å². The van der Waals surface area contributed by atoms with Crippen LogP contribution in [-0.2, 0) is 11.2 Å². The molecule has 16 heavy (non-hydrogen) atoms. The van der Waals surface area contributed by atoms with E-state index in [1.54, 1.807) is 14.2 Å². The van der Waals surface area contributed by atoms with E-state index in [0.717, 1.165) is 11.3 Å². The summed E-state index contributed by atoms with van der Waals surface area (Å²) in [6.07, 6.45) is 0.498. The maximum absolute atomic E-state index is 11.3. The second-order valence-corrected chi connectivity index (χ2v) is 3.40. The maximum Gasteiger partial charge on any atom is 0.251 e. The Balaban J connectivity index is 2.55. The fourth-order valence-electron chi connectivity index (χ4n) is 1.32. The van der Waals surface area contributed by atoms with E-state index in [2.05, 4.69) is 10.9 Å². The molecular formula is C11H17N3O2. The minimum absolute atomic E-state index is 0.224. The zero-order valence-corrected chi connectivity index (χ0v) is 9.49. The molecule has 1 rings (SSSR count). The van der Waals surface area contributed by atoms with Crippen molar-refractivity contribution in [3.05, 3.63) is 29.8 Å². The van der Waals surface area contributed by atoms with Gasteiger partial charge in [-0.3, -0.25) is 10.2 Å². The fraction of sp³-hybridized carbons (Fsp3) is 0.364. The second-order valence-electron chi connectivity index (χ2n) is 3.40. The highest BCUT2D eigenvalue weighted by Crippen LogP contribution is 2.12. The Morgan fingerprint density at radius 1 is 1.44 bits per heavy atom. The predicted molar refractivity (Wildman–Crippen MR) is 61.9 cm³/mol. The molecule has 0 aliphatic carbocycles. The second kappa shape index (κ2) is 6.09. The Hall–Kier alpha value is -1.59. The normalized spacial score (nSPS) is 11.9. The van der Waals surface area contributed by atoms with Crippen molar-refractivity contribution in [3.8, 4) is 5.75 Å². The fourth-order valence-corrected chi connectivity index (χ4v) is 1.32. The van der Waals surface area contributed by atoms with Crippen LogP contribution in [0.25, 0.3) is 0 Å². The highest BCUT2D eigenvalue weighted by Gasteiger charge is 2.12. The molecule has 0 aliphatic rings. The van der Waals surface area contributed by atoms with Crippen LogP contribution >= 0.6 is 0 Å². The smallest absolute Gasteiger partial charge is 0.251 e. The topological polar surface area (TPSA) is 76.4 Å². The summed E-state index contributed by atoms with van der Waals surface area (Å²) in [4.78, 5) is 11.3. The minimum Gasteiger partial charge on any atom is -0.497 e. The monoisotopic (exact) mass is 223 g/mol. The van der Waals surface area contributed by atoms with Gasteiger partial charge in [-0.15, -0.1) is 0 Å². The van der Waals surface area contributed by atoms with Crippen LogP contribution in [0, 0.1) is 0 Å². The largest absolute Gasteiger partial charge is 0.497 e. The van der Waals surface area contributed by atoms with Crippen molar-refractivity contribution in [1.82, 2.24) is 10.9 Å². The number of nitrogens with one attached hydrogen (secondary N) is 2. The van der Waals surface area contributed by atoms with Gasteiger partial charge in [0.25, 0.3) is 5.91 Å². The van der Waals surface area contributed by atoms with Gasteiger partial charge < -0.3 is 10.5 Å². The molecule has 0 spiro atoms. The number of nitrogens with two attached hydrogens (primary N) is 1. The number of hydrogen-bond acceptors (Lipinski definition) is 4. The molecule has 0 bridgehead atoms. The van der Waals surface area contributed by atoms with Gasteiger partial charge in [0, 0.05) is 7.05 Å². The lowest BCUT2D eigenvalue weighted by Gasteiger charge is -2.11. The molecule has 1 unspecified atom stereocenters. The molecule has 1 aromatic carbocycles. The molecule has 4 N–H and O–H groups in total. The standard InChI is InChI=1S/C11H17N3O2/c1-13-14-11(15)10(12)7-8-3-5-9(16-2)6-4-8/h3-6,10,13H,7,12H2,1-2H3,(H,14,15). The maximum atomic E-state index is 11.3. The molecule has 0 radical (unpaired) electrons. The number of methoxy groups -OCH3 is 1. The first-order valence-corrected chi connectivity index (χ1v) is 5.02. The van der Waals surface area contributed by atoms with E-state index in [1.807, 2.05) is 24.3 Å². The van der Waals surface area contributed by atoms with Crippen LogP contribution in [0.2, 0.25) is 0 Å². The van der Waals surface area contributed by atoms with Crippen LogP contribution in [0.4, 0.5) is 0 Å². The molecule has 1 aromatic rings. The molecule has 0 aliphatic heterocycles. The molecule has 0 saturated carbocycles. The summed E-state index contributed by atoms with van der Waals surface area (Å²) in [6.45, 7) is 0. The van der Waals surface area contributed by atoms with Gasteiger partial charge in [-0.2, -0.15) is 0 Å². The average Bonchev–Trinajstić information content (AvgIpc) is 2.30. The Labute approximate surface area is 94.9 Å². The van der Waals surface area contributed by atoms with E-state index >= 15 is 0 Å². The van der Waals surface area contributed by atoms with Gasteiger partial charge in [-0.05, 0) is 24.1 Å². The van der Waals surface area contributed by atoms with Crippen molar-refractivity contribution in [2.75, 3.05) is 14.2 Å². The molecule has 88 valence electrons. The van der Waals surface area contributed by atoms with E-state index in [9.17, 15) is 4.79 Å². The quantitative estimate of drug-likeness (QED) is 0.605. The number of hydrazine groups is 1. The number of carbonyl (C=O) groups is 1. The number of amides is 1. The third-order valence-corrected chi connectivity index (χ3v) is 2.20. The van der Waals surface area contributed by atoms with Gasteiger partial charge in [-0.25, -0.2) is 5.43 Å². The number of carbonyl (C=O) groups excluding carboxylic acids is 1. The summed E-state index contributed by atoms with van der Waals surface area (Å²) < 4.78 is 5.04. The third kappa shape index (κ3) is 3.52. The van der Waals surface area contributed by atoms with E-state index in [4.69, 9.17) is 10.5 Å². The molecule has 0 aromatic heterocycles. The van der Waals surface area contributed by atoms with E-state index < -0.39 is 6.04 Å². The third-order valence-electron chi connectivity index (χ3n) is 2.20. The van der Waals surface area contributed by atoms with Crippen LogP contribution in [0.15, 0.2) is 24.3 Å². The van der Waals surface area contributed by atoms with Gasteiger partial charge in [0.05, 0.1) is 13.2 Å². The number of hydrogen-bond donors (Lipinski definition) is 3. The summed E-state index contributed by atoms with van der Waals surface area (Å²) in [6, 6.07) is 6.92. The first-order valence-electron chi connectivity index (χ1n) is 5.02. The first kappa shape index (κ1) is 12.5. The van der Waals surface area contributed by atoms with Crippen LogP contribution in [0.5, 0.6) is 5.75 Å². The van der Waals surface area contributed by atoms with Crippen molar-refractivity contribution < 1.29 is 9.53 Å². The van der Waals surface area contributed by atoms with Crippen molar-refractivity contribution in [3.63, 3.8) is 0 Å². The lowest BCUT2D eigenvalue weighted by atomic mass is 10.1. The Kier molecular flexibility index (Phi) is 4.75. The van der Waals surface area contributed by atoms with Crippen LogP contribution < -0.4 is 21.3 Å². The molecule has 0 fully saturated rings. The highest BCUT2D eigenvalue weighted by atomic mass is 16.5. The molecule has 5 heteroatoms. The SMILES string of the molecule is CNNC(=O)C(N)Cc1ccc(OC)cc1. The van der Waals surface area contributed by atoms with Gasteiger partial charge in [-0.1, -0.05) is 12.1 Å². The Bertz CT molecular complexity index is 338. The summed E-state index contributed by atoms with van der Waals surface area (Å²) in [5.74, 6) is 0.565. The van der Waals surface area contributed by atoms with Crippen LogP contribution in [0.3, 0.4) is 0 Å². The van der Waals surface area contributed by atoms with Gasteiger partial charge in [0.1, 0.15) is 5.75 Å². The average molecular weight is 223 g/mol. The number of ether oxygens (including phenoxy) is 1. The zero-order valence-electron chi connectivity index (χ0n) is 9.49. The van der Waals surface area contributed by atoms with E-state index in [-0.39, 0.29) is 5.91 Å². The molecule has 5 nitrogen and oxygen atoms in total. The molecular weight excluding hydrogens is 206 g/mol. The number of benzene rings is 1. The minimum atomic E-state index is -0.555. The Morgan fingerprint density at radius 2 is 2.06 bits per heavy atom. The summed E-state index contributed by atoms with van der Waals surface area (Å²) in [5, 5.41) is 0. The molecule has 1 atom stereocenters. The van der Waals surface area contributed by atoms with Crippen LogP contribution in [-0.4, -0.2) is 26.1 Å². The van der Waals surface area contributed by atoms with Crippen molar-refractivity contribution in [2.24, 2.45) is 5.73 Å². The van der Waals surface area contributed by atoms with E-state index in [1.165, 1.54) is 0 Å². The van der Waals surface area contributed by atoms with Gasteiger partial charge in [0.2, 0.25) is 0 Å². The van der Waals surface area contributed by atoms with Gasteiger partial charge in [0.15, 0.2) is 0 Å². The summed E-state index contributed by atoms with van der Waals surface area (Å²) >= 11 is 0. The summed E-state index contributed by atoms with van der Waals surface area (Å²) in [5.41, 5.74) is 11.7. The molecule has 0 saturated heterocycles. The first-order chi connectivity index (χ1) is 7.67. The number of rotatable bonds is 5. The van der Waals surface area contributed by atoms with Crippen LogP contribution in [0.1, 0.15) is 5.56 Å². The lowest BCUT2D eigenvalue weighted by molar-refractivity contribution is -0.123. The Morgan fingerprint density at radius 3 is 2.56 bits per heavy atom. The lowest BCUT2D eigenvalue weighted by Crippen LogP contribution is -2.46. The van der Waals surface area contributed by atoms with Crippen molar-refractivity contribution in [1.29, 1.82) is 0 Å². The highest BCUT2D eigenvalue weighted by molar-refractivity contribution is 5.81. The van der Waals surface area contributed by atoms with Crippen molar-refractivity contribution >= 4 is 5.91 Å². The van der Waals surface area contributed by atoms with Gasteiger partial charge >= 0.3 is 0 Å². The molecule has 0 heterocycles.